The van der Waals surface area contributed by atoms with Crippen LogP contribution < -0.4 is 5.32 Å². The Balaban J connectivity index is 0.000000321. The van der Waals surface area contributed by atoms with Crippen molar-refractivity contribution in [1.82, 2.24) is 10.3 Å². The maximum atomic E-state index is 9.55. The lowest BCUT2D eigenvalue weighted by molar-refractivity contribution is -0.134. The Morgan fingerprint density at radius 3 is 2.55 bits per heavy atom. The minimum Gasteiger partial charge on any atom is -0.478 e. The molecule has 2 aromatic rings. The number of benzene rings is 1. The number of carboxylic acids is 2. The van der Waals surface area contributed by atoms with E-state index < -0.39 is 11.9 Å². The molecule has 1 fully saturated rings. The zero-order valence-electron chi connectivity index (χ0n) is 16.9. The lowest BCUT2D eigenvalue weighted by Crippen LogP contribution is -2.36. The largest absolute Gasteiger partial charge is 0.478 e. The van der Waals surface area contributed by atoms with Crippen LogP contribution in [0.2, 0.25) is 0 Å². The molecule has 1 aromatic heterocycles. The second kappa shape index (κ2) is 12.0. The van der Waals surface area contributed by atoms with E-state index in [0.717, 1.165) is 17.4 Å². The first-order chi connectivity index (χ1) is 14.0. The summed E-state index contributed by atoms with van der Waals surface area (Å²) in [4.78, 5) is 23.6. The van der Waals surface area contributed by atoms with Crippen molar-refractivity contribution in [3.05, 3.63) is 54.2 Å². The maximum absolute atomic E-state index is 9.55. The molecule has 1 aliphatic heterocycles. The Morgan fingerprint density at radius 1 is 1.14 bits per heavy atom. The molecule has 0 bridgehead atoms. The van der Waals surface area contributed by atoms with E-state index in [4.69, 9.17) is 10.2 Å². The van der Waals surface area contributed by atoms with E-state index in [0.29, 0.717) is 12.2 Å². The standard InChI is InChI=1S/C19H26N2.C4H4O4/c1-2-15-14-20-12-10-16(15)6-5-7-17-11-13-21-19-9-4-3-8-18(17)19;5-3(6)1-2-4(7)8/h3-4,8-9,11,13,15-16,20H,2,5-7,10,12,14H2,1H3;1-2H,(H,5,6)(H,7,8)/t15-,16+;/m0./s1. The number of pyridine rings is 1. The van der Waals surface area contributed by atoms with Crippen molar-refractivity contribution >= 4 is 22.8 Å². The van der Waals surface area contributed by atoms with Crippen molar-refractivity contribution < 1.29 is 19.8 Å². The van der Waals surface area contributed by atoms with E-state index in [9.17, 15) is 9.59 Å². The van der Waals surface area contributed by atoms with Crippen molar-refractivity contribution in [2.45, 2.75) is 39.0 Å². The van der Waals surface area contributed by atoms with Crippen LogP contribution in [0.1, 0.15) is 38.2 Å². The minimum atomic E-state index is -1.26. The van der Waals surface area contributed by atoms with Gasteiger partial charge in [-0.15, -0.1) is 0 Å². The Labute approximate surface area is 171 Å². The smallest absolute Gasteiger partial charge is 0.328 e. The molecular weight excluding hydrogens is 368 g/mol. The molecule has 29 heavy (non-hydrogen) atoms. The van der Waals surface area contributed by atoms with Crippen LogP contribution in [-0.2, 0) is 16.0 Å². The van der Waals surface area contributed by atoms with Gasteiger partial charge in [-0.2, -0.15) is 0 Å². The summed E-state index contributed by atoms with van der Waals surface area (Å²) in [6, 6.07) is 10.7. The molecule has 1 saturated heterocycles. The fraction of sp³-hybridized carbons (Fsp3) is 0.435. The van der Waals surface area contributed by atoms with E-state index in [2.05, 4.69) is 47.6 Å². The number of hydrogen-bond donors (Lipinski definition) is 3. The Kier molecular flexibility index (Phi) is 9.31. The highest BCUT2D eigenvalue weighted by molar-refractivity contribution is 5.89. The van der Waals surface area contributed by atoms with Gasteiger partial charge < -0.3 is 15.5 Å². The van der Waals surface area contributed by atoms with Gasteiger partial charge in [0, 0.05) is 23.7 Å². The predicted molar refractivity (Wildman–Crippen MR) is 114 cm³/mol. The Hall–Kier alpha value is -2.73. The number of aliphatic carboxylic acids is 2. The second-order valence-corrected chi connectivity index (χ2v) is 7.31. The van der Waals surface area contributed by atoms with Gasteiger partial charge in [0.05, 0.1) is 5.52 Å². The molecule has 2 heterocycles. The number of carbonyl (C=O) groups is 2. The topological polar surface area (TPSA) is 99.5 Å². The number of hydrogen-bond acceptors (Lipinski definition) is 4. The highest BCUT2D eigenvalue weighted by Gasteiger charge is 2.22. The Bertz CT molecular complexity index is 813. The lowest BCUT2D eigenvalue weighted by atomic mass is 9.81. The van der Waals surface area contributed by atoms with Gasteiger partial charge in [-0.3, -0.25) is 4.98 Å². The van der Waals surface area contributed by atoms with Gasteiger partial charge in [-0.1, -0.05) is 31.5 Å². The highest BCUT2D eigenvalue weighted by Crippen LogP contribution is 2.28. The van der Waals surface area contributed by atoms with Crippen LogP contribution in [-0.4, -0.2) is 40.2 Å². The quantitative estimate of drug-likeness (QED) is 0.612. The first kappa shape index (κ1) is 22.6. The molecule has 0 amide bonds. The third kappa shape index (κ3) is 7.66. The van der Waals surface area contributed by atoms with Crippen LogP contribution in [0, 0.1) is 11.8 Å². The van der Waals surface area contributed by atoms with Crippen molar-refractivity contribution in [2.24, 2.45) is 11.8 Å². The second-order valence-electron chi connectivity index (χ2n) is 7.31. The molecule has 0 spiro atoms. The van der Waals surface area contributed by atoms with E-state index in [1.54, 1.807) is 0 Å². The number of rotatable bonds is 7. The summed E-state index contributed by atoms with van der Waals surface area (Å²) >= 11 is 0. The lowest BCUT2D eigenvalue weighted by Gasteiger charge is -2.31. The van der Waals surface area contributed by atoms with Gasteiger partial charge in [0.25, 0.3) is 0 Å². The maximum Gasteiger partial charge on any atom is 0.328 e. The summed E-state index contributed by atoms with van der Waals surface area (Å²) in [6.07, 6.45) is 9.60. The normalized spacial score (nSPS) is 18.9. The van der Waals surface area contributed by atoms with Gasteiger partial charge in [-0.25, -0.2) is 9.59 Å². The fourth-order valence-corrected chi connectivity index (χ4v) is 3.91. The molecule has 6 nitrogen and oxygen atoms in total. The summed E-state index contributed by atoms with van der Waals surface area (Å²) in [5.41, 5.74) is 2.59. The predicted octanol–water partition coefficient (Wildman–Crippen LogP) is 3.91. The fourth-order valence-electron chi connectivity index (χ4n) is 3.91. The SMILES string of the molecule is CC[C@H]1CNCC[C@H]1CCCc1ccnc2ccccc12.O=C(O)C=CC(=O)O. The van der Waals surface area contributed by atoms with Crippen LogP contribution in [0.25, 0.3) is 10.9 Å². The zero-order valence-corrected chi connectivity index (χ0v) is 16.9. The molecule has 1 aromatic carbocycles. The van der Waals surface area contributed by atoms with Gasteiger partial charge in [0.1, 0.15) is 0 Å². The first-order valence-corrected chi connectivity index (χ1v) is 10.2. The molecule has 0 unspecified atom stereocenters. The highest BCUT2D eigenvalue weighted by atomic mass is 16.4. The summed E-state index contributed by atoms with van der Waals surface area (Å²) in [5.74, 6) is -0.711. The van der Waals surface area contributed by atoms with Crippen LogP contribution in [0.15, 0.2) is 48.7 Å². The summed E-state index contributed by atoms with van der Waals surface area (Å²) in [7, 11) is 0. The number of nitrogens with zero attached hydrogens (tertiary/aromatic N) is 1. The minimum absolute atomic E-state index is 0.558. The monoisotopic (exact) mass is 398 g/mol. The zero-order chi connectivity index (χ0) is 21.1. The van der Waals surface area contributed by atoms with Gasteiger partial charge >= 0.3 is 11.9 Å². The van der Waals surface area contributed by atoms with Crippen LogP contribution in [0.3, 0.4) is 0 Å². The first-order valence-electron chi connectivity index (χ1n) is 10.2. The third-order valence-electron chi connectivity index (χ3n) is 5.42. The molecular formula is C23H30N2O4. The summed E-state index contributed by atoms with van der Waals surface area (Å²) in [5, 5.41) is 20.5. The van der Waals surface area contributed by atoms with E-state index >= 15 is 0 Å². The molecule has 0 aliphatic carbocycles. The molecule has 156 valence electrons. The molecule has 3 rings (SSSR count). The number of piperidine rings is 1. The number of aryl methyl sites for hydroxylation is 1. The van der Waals surface area contributed by atoms with Crippen molar-refractivity contribution in [3.8, 4) is 0 Å². The van der Waals surface area contributed by atoms with Crippen molar-refractivity contribution in [3.63, 3.8) is 0 Å². The van der Waals surface area contributed by atoms with E-state index in [1.807, 2.05) is 6.20 Å². The number of para-hydroxylation sites is 1. The van der Waals surface area contributed by atoms with Crippen molar-refractivity contribution in [1.29, 1.82) is 0 Å². The molecule has 3 N–H and O–H groups in total. The van der Waals surface area contributed by atoms with Gasteiger partial charge in [0.2, 0.25) is 0 Å². The number of carboxylic acid groups (broad SMARTS) is 2. The molecule has 0 saturated carbocycles. The van der Waals surface area contributed by atoms with E-state index in [1.165, 1.54) is 56.1 Å². The van der Waals surface area contributed by atoms with Crippen molar-refractivity contribution in [2.75, 3.05) is 13.1 Å². The average Bonchev–Trinajstić information content (AvgIpc) is 2.73. The molecule has 1 aliphatic rings. The molecule has 2 atom stereocenters. The van der Waals surface area contributed by atoms with Crippen LogP contribution in [0.4, 0.5) is 0 Å². The molecule has 0 radical (unpaired) electrons. The number of fused-ring (bicyclic) bond motifs is 1. The summed E-state index contributed by atoms with van der Waals surface area (Å²) < 4.78 is 0. The number of aromatic nitrogens is 1. The van der Waals surface area contributed by atoms with Crippen LogP contribution in [0.5, 0.6) is 0 Å². The van der Waals surface area contributed by atoms with Gasteiger partial charge in [-0.05, 0) is 68.3 Å². The van der Waals surface area contributed by atoms with E-state index in [-0.39, 0.29) is 0 Å². The molecule has 6 heteroatoms. The Morgan fingerprint density at radius 2 is 1.86 bits per heavy atom. The van der Waals surface area contributed by atoms with Crippen LogP contribution >= 0.6 is 0 Å². The summed E-state index contributed by atoms with van der Waals surface area (Å²) in [6.45, 7) is 4.76. The number of nitrogens with one attached hydrogen (secondary N) is 1. The van der Waals surface area contributed by atoms with Gasteiger partial charge in [0.15, 0.2) is 0 Å². The average molecular weight is 399 g/mol. The third-order valence-corrected chi connectivity index (χ3v) is 5.42.